The van der Waals surface area contributed by atoms with Gasteiger partial charge in [0.25, 0.3) is 0 Å². The molecule has 0 atom stereocenters. The SMILES string of the molecule is CCCCSC1(NC)CCNCC1. The van der Waals surface area contributed by atoms with E-state index in [4.69, 9.17) is 0 Å². The third-order valence-electron chi connectivity index (χ3n) is 2.74. The number of hydrogen-bond acceptors (Lipinski definition) is 3. The van der Waals surface area contributed by atoms with Crippen LogP contribution in [0, 0.1) is 0 Å². The van der Waals surface area contributed by atoms with Crippen molar-refractivity contribution in [2.24, 2.45) is 0 Å². The summed E-state index contributed by atoms with van der Waals surface area (Å²) >= 11 is 2.12. The molecule has 0 spiro atoms. The molecule has 0 bridgehead atoms. The van der Waals surface area contributed by atoms with E-state index in [1.54, 1.807) is 0 Å². The second-order valence-electron chi connectivity index (χ2n) is 3.70. The van der Waals surface area contributed by atoms with Gasteiger partial charge in [0.1, 0.15) is 0 Å². The molecule has 13 heavy (non-hydrogen) atoms. The van der Waals surface area contributed by atoms with E-state index in [-0.39, 0.29) is 0 Å². The van der Waals surface area contributed by atoms with Crippen molar-refractivity contribution in [1.82, 2.24) is 10.6 Å². The van der Waals surface area contributed by atoms with Crippen LogP contribution in [0.5, 0.6) is 0 Å². The van der Waals surface area contributed by atoms with Crippen molar-refractivity contribution in [1.29, 1.82) is 0 Å². The van der Waals surface area contributed by atoms with Gasteiger partial charge >= 0.3 is 0 Å². The predicted octanol–water partition coefficient (Wildman–Crippen LogP) is 1.82. The van der Waals surface area contributed by atoms with E-state index in [1.807, 2.05) is 0 Å². The first kappa shape index (κ1) is 11.3. The lowest BCUT2D eigenvalue weighted by Gasteiger charge is -2.37. The Morgan fingerprint density at radius 2 is 2.08 bits per heavy atom. The Hall–Kier alpha value is 0.270. The highest BCUT2D eigenvalue weighted by molar-refractivity contribution is 8.00. The van der Waals surface area contributed by atoms with Crippen molar-refractivity contribution in [2.45, 2.75) is 37.5 Å². The predicted molar refractivity (Wildman–Crippen MR) is 61.3 cm³/mol. The monoisotopic (exact) mass is 202 g/mol. The van der Waals surface area contributed by atoms with E-state index in [2.05, 4.69) is 36.4 Å². The molecule has 0 radical (unpaired) electrons. The summed E-state index contributed by atoms with van der Waals surface area (Å²) in [5, 5.41) is 6.91. The lowest BCUT2D eigenvalue weighted by molar-refractivity contribution is 0.372. The maximum absolute atomic E-state index is 3.50. The molecule has 0 aliphatic carbocycles. The summed E-state index contributed by atoms with van der Waals surface area (Å²) in [5.41, 5.74) is 0. The second kappa shape index (κ2) is 5.89. The second-order valence-corrected chi connectivity index (χ2v) is 5.17. The molecule has 0 saturated carbocycles. The maximum atomic E-state index is 3.50. The molecule has 2 nitrogen and oxygen atoms in total. The number of hydrogen-bond donors (Lipinski definition) is 2. The van der Waals surface area contributed by atoms with Gasteiger partial charge in [0.2, 0.25) is 0 Å². The molecule has 1 fully saturated rings. The van der Waals surface area contributed by atoms with Gasteiger partial charge in [-0.25, -0.2) is 0 Å². The van der Waals surface area contributed by atoms with Gasteiger partial charge in [-0.3, -0.25) is 0 Å². The third-order valence-corrected chi connectivity index (χ3v) is 4.40. The molecule has 1 saturated heterocycles. The van der Waals surface area contributed by atoms with Crippen LogP contribution in [0.3, 0.4) is 0 Å². The minimum atomic E-state index is 0.375. The molecule has 0 aromatic rings. The van der Waals surface area contributed by atoms with E-state index in [0.29, 0.717) is 4.87 Å². The van der Waals surface area contributed by atoms with Gasteiger partial charge in [-0.05, 0) is 45.2 Å². The molecule has 78 valence electrons. The first-order valence-corrected chi connectivity index (χ1v) is 6.35. The van der Waals surface area contributed by atoms with Crippen molar-refractivity contribution < 1.29 is 0 Å². The highest BCUT2D eigenvalue weighted by Crippen LogP contribution is 2.31. The van der Waals surface area contributed by atoms with E-state index in [9.17, 15) is 0 Å². The van der Waals surface area contributed by atoms with Crippen LogP contribution in [0.15, 0.2) is 0 Å². The van der Waals surface area contributed by atoms with E-state index >= 15 is 0 Å². The molecule has 0 unspecified atom stereocenters. The van der Waals surface area contributed by atoms with Crippen molar-refractivity contribution >= 4 is 11.8 Å². The van der Waals surface area contributed by atoms with E-state index in [0.717, 1.165) is 0 Å². The molecular weight excluding hydrogens is 180 g/mol. The number of unbranched alkanes of at least 4 members (excludes halogenated alkanes) is 1. The summed E-state index contributed by atoms with van der Waals surface area (Å²) < 4.78 is 0. The first-order valence-electron chi connectivity index (χ1n) is 5.36. The average Bonchev–Trinajstić information content (AvgIpc) is 2.20. The number of thioether (sulfide) groups is 1. The van der Waals surface area contributed by atoms with Gasteiger partial charge < -0.3 is 10.6 Å². The Morgan fingerprint density at radius 1 is 1.38 bits per heavy atom. The Labute approximate surface area is 86.2 Å². The smallest absolute Gasteiger partial charge is 0.0667 e. The Kier molecular flexibility index (Phi) is 5.14. The largest absolute Gasteiger partial charge is 0.317 e. The summed E-state index contributed by atoms with van der Waals surface area (Å²) in [7, 11) is 2.10. The van der Waals surface area contributed by atoms with Crippen molar-refractivity contribution in [2.75, 3.05) is 25.9 Å². The van der Waals surface area contributed by atoms with Crippen LogP contribution < -0.4 is 10.6 Å². The Bertz CT molecular complexity index is 133. The maximum Gasteiger partial charge on any atom is 0.0667 e. The lowest BCUT2D eigenvalue weighted by atomic mass is 10.1. The summed E-state index contributed by atoms with van der Waals surface area (Å²) in [6.07, 6.45) is 5.18. The highest BCUT2D eigenvalue weighted by Gasteiger charge is 2.29. The molecule has 1 heterocycles. The van der Waals surface area contributed by atoms with Gasteiger partial charge in [-0.1, -0.05) is 13.3 Å². The fourth-order valence-corrected chi connectivity index (χ4v) is 3.17. The Balaban J connectivity index is 2.29. The summed E-state index contributed by atoms with van der Waals surface area (Å²) in [6, 6.07) is 0. The molecule has 2 N–H and O–H groups in total. The topological polar surface area (TPSA) is 24.1 Å². The van der Waals surface area contributed by atoms with Gasteiger partial charge in [-0.15, -0.1) is 11.8 Å². The number of piperidine rings is 1. The Morgan fingerprint density at radius 3 is 2.62 bits per heavy atom. The van der Waals surface area contributed by atoms with Crippen molar-refractivity contribution in [3.05, 3.63) is 0 Å². The van der Waals surface area contributed by atoms with E-state index < -0.39 is 0 Å². The fourth-order valence-electron chi connectivity index (χ4n) is 1.71. The van der Waals surface area contributed by atoms with Gasteiger partial charge in [0, 0.05) is 0 Å². The third kappa shape index (κ3) is 3.49. The van der Waals surface area contributed by atoms with Crippen LogP contribution in [0.4, 0.5) is 0 Å². The first-order chi connectivity index (χ1) is 6.33. The summed E-state index contributed by atoms with van der Waals surface area (Å²) in [5.74, 6) is 1.30. The van der Waals surface area contributed by atoms with Crippen LogP contribution in [-0.4, -0.2) is 30.8 Å². The zero-order valence-electron chi connectivity index (χ0n) is 8.86. The van der Waals surface area contributed by atoms with Crippen molar-refractivity contribution in [3.8, 4) is 0 Å². The minimum Gasteiger partial charge on any atom is -0.317 e. The van der Waals surface area contributed by atoms with Crippen LogP contribution in [0.1, 0.15) is 32.6 Å². The van der Waals surface area contributed by atoms with Crippen LogP contribution in [-0.2, 0) is 0 Å². The van der Waals surface area contributed by atoms with Crippen LogP contribution in [0.2, 0.25) is 0 Å². The molecular formula is C10H22N2S. The molecule has 0 amide bonds. The zero-order valence-corrected chi connectivity index (χ0v) is 9.67. The molecule has 1 aliphatic heterocycles. The van der Waals surface area contributed by atoms with Gasteiger partial charge in [0.15, 0.2) is 0 Å². The number of nitrogens with one attached hydrogen (secondary N) is 2. The standard InChI is InChI=1S/C10H22N2S/c1-3-4-9-13-10(11-2)5-7-12-8-6-10/h11-12H,3-9H2,1-2H3. The summed E-state index contributed by atoms with van der Waals surface area (Å²) in [6.45, 7) is 4.59. The quantitative estimate of drug-likeness (QED) is 0.525. The molecule has 1 aliphatic rings. The molecule has 1 rings (SSSR count). The van der Waals surface area contributed by atoms with Gasteiger partial charge in [0.05, 0.1) is 4.87 Å². The average molecular weight is 202 g/mol. The molecule has 3 heteroatoms. The normalized spacial score (nSPS) is 21.7. The number of rotatable bonds is 5. The minimum absolute atomic E-state index is 0.375. The lowest BCUT2D eigenvalue weighted by Crippen LogP contribution is -2.48. The molecule has 0 aromatic carbocycles. The fraction of sp³-hybridized carbons (Fsp3) is 1.00. The zero-order chi connectivity index (χ0) is 9.57. The highest BCUT2D eigenvalue weighted by atomic mass is 32.2. The molecule has 0 aromatic heterocycles. The summed E-state index contributed by atoms with van der Waals surface area (Å²) in [4.78, 5) is 0.375. The van der Waals surface area contributed by atoms with Crippen molar-refractivity contribution in [3.63, 3.8) is 0 Å². The van der Waals surface area contributed by atoms with Crippen LogP contribution in [0.25, 0.3) is 0 Å². The van der Waals surface area contributed by atoms with Gasteiger partial charge in [-0.2, -0.15) is 0 Å². The van der Waals surface area contributed by atoms with E-state index in [1.165, 1.54) is 44.5 Å². The van der Waals surface area contributed by atoms with Crippen LogP contribution >= 0.6 is 11.8 Å².